The summed E-state index contributed by atoms with van der Waals surface area (Å²) < 4.78 is 16.0. The third-order valence-electron chi connectivity index (χ3n) is 3.34. The monoisotopic (exact) mass is 303 g/mol. The van der Waals surface area contributed by atoms with Gasteiger partial charge < -0.3 is 24.5 Å². The number of hydrogen-bond donors (Lipinski definition) is 1. The van der Waals surface area contributed by atoms with Gasteiger partial charge in [-0.25, -0.2) is 4.98 Å². The second kappa shape index (κ2) is 6.17. The summed E-state index contributed by atoms with van der Waals surface area (Å²) in [7, 11) is 1.67. The van der Waals surface area contributed by atoms with Gasteiger partial charge in [-0.05, 0) is 24.3 Å². The lowest BCUT2D eigenvalue weighted by Crippen LogP contribution is -2.34. The van der Waals surface area contributed by atoms with Crippen LogP contribution < -0.4 is 5.73 Å². The first-order valence-corrected chi connectivity index (χ1v) is 6.93. The van der Waals surface area contributed by atoms with E-state index in [0.717, 1.165) is 5.56 Å². The number of nitrogens with two attached hydrogens (primary N) is 1. The minimum Gasteiger partial charge on any atom is -0.444 e. The molecular formula is C15H17N3O4. The fourth-order valence-corrected chi connectivity index (χ4v) is 2.14. The molecule has 0 atom stereocenters. The molecule has 1 saturated heterocycles. The number of amides is 1. The summed E-state index contributed by atoms with van der Waals surface area (Å²) in [5.74, 6) is 0.134. The molecule has 1 fully saturated rings. The van der Waals surface area contributed by atoms with E-state index in [4.69, 9.17) is 19.6 Å². The number of benzene rings is 1. The average Bonchev–Trinajstić information content (AvgIpc) is 3.18. The van der Waals surface area contributed by atoms with E-state index in [1.165, 1.54) is 11.2 Å². The molecule has 0 aliphatic carbocycles. The standard InChI is InChI=1S/C15H17N3O4/c1-18(8-13-20-6-7-21-13)15(19)12-9-22-14(17-12)10-2-4-11(16)5-3-10/h2-5,9,13H,6-8,16H2,1H3. The fraction of sp³-hybridized carbons (Fsp3) is 0.333. The van der Waals surface area contributed by atoms with E-state index in [1.54, 1.807) is 31.3 Å². The molecule has 0 bridgehead atoms. The number of rotatable bonds is 4. The normalized spacial score (nSPS) is 15.1. The summed E-state index contributed by atoms with van der Waals surface area (Å²) in [6.07, 6.45) is 0.971. The van der Waals surface area contributed by atoms with Crippen LogP contribution in [0.4, 0.5) is 5.69 Å². The van der Waals surface area contributed by atoms with Crippen molar-refractivity contribution in [2.45, 2.75) is 6.29 Å². The van der Waals surface area contributed by atoms with Crippen LogP contribution in [0, 0.1) is 0 Å². The van der Waals surface area contributed by atoms with E-state index in [9.17, 15) is 4.79 Å². The highest BCUT2D eigenvalue weighted by Crippen LogP contribution is 2.20. The number of likely N-dealkylation sites (N-methyl/N-ethyl adjacent to an activating group) is 1. The molecule has 1 aliphatic heterocycles. The van der Waals surface area contributed by atoms with Crippen molar-refractivity contribution < 1.29 is 18.7 Å². The maximum Gasteiger partial charge on any atom is 0.275 e. The number of carbonyl (C=O) groups is 1. The van der Waals surface area contributed by atoms with Gasteiger partial charge in [0.2, 0.25) is 5.89 Å². The smallest absolute Gasteiger partial charge is 0.275 e. The molecule has 2 aromatic rings. The van der Waals surface area contributed by atoms with Gasteiger partial charge in [0.25, 0.3) is 5.91 Å². The van der Waals surface area contributed by atoms with Crippen molar-refractivity contribution in [1.82, 2.24) is 9.88 Å². The molecule has 22 heavy (non-hydrogen) atoms. The van der Waals surface area contributed by atoms with Crippen molar-refractivity contribution in [3.63, 3.8) is 0 Å². The second-order valence-electron chi connectivity index (χ2n) is 5.02. The van der Waals surface area contributed by atoms with Crippen molar-refractivity contribution >= 4 is 11.6 Å². The molecule has 2 N–H and O–H groups in total. The fourth-order valence-electron chi connectivity index (χ4n) is 2.14. The molecule has 116 valence electrons. The SMILES string of the molecule is CN(CC1OCCO1)C(=O)c1coc(-c2ccc(N)cc2)n1. The van der Waals surface area contributed by atoms with Crippen LogP contribution in [0.5, 0.6) is 0 Å². The minimum atomic E-state index is -0.377. The first-order chi connectivity index (χ1) is 10.6. The van der Waals surface area contributed by atoms with E-state index in [1.807, 2.05) is 0 Å². The molecule has 2 heterocycles. The quantitative estimate of drug-likeness (QED) is 0.858. The number of ether oxygens (including phenoxy) is 2. The molecule has 7 heteroatoms. The second-order valence-corrected chi connectivity index (χ2v) is 5.02. The van der Waals surface area contributed by atoms with E-state index in [0.29, 0.717) is 31.3 Å². The zero-order chi connectivity index (χ0) is 15.5. The van der Waals surface area contributed by atoms with Gasteiger partial charge in [-0.2, -0.15) is 0 Å². The summed E-state index contributed by atoms with van der Waals surface area (Å²) in [6.45, 7) is 1.46. The van der Waals surface area contributed by atoms with Gasteiger partial charge in [-0.1, -0.05) is 0 Å². The van der Waals surface area contributed by atoms with Crippen LogP contribution in [0.3, 0.4) is 0 Å². The van der Waals surface area contributed by atoms with Gasteiger partial charge in [0.05, 0.1) is 19.8 Å². The predicted molar refractivity (Wildman–Crippen MR) is 79.0 cm³/mol. The Morgan fingerprint density at radius 2 is 2.00 bits per heavy atom. The summed E-state index contributed by atoms with van der Waals surface area (Å²) in [5, 5.41) is 0. The number of oxazole rings is 1. The van der Waals surface area contributed by atoms with Gasteiger partial charge in [0.1, 0.15) is 6.26 Å². The summed E-state index contributed by atoms with van der Waals surface area (Å²) in [4.78, 5) is 18.0. The van der Waals surface area contributed by atoms with E-state index < -0.39 is 0 Å². The molecule has 0 radical (unpaired) electrons. The first kappa shape index (κ1) is 14.6. The third-order valence-corrected chi connectivity index (χ3v) is 3.34. The van der Waals surface area contributed by atoms with Crippen molar-refractivity contribution in [2.24, 2.45) is 0 Å². The Bertz CT molecular complexity index is 647. The van der Waals surface area contributed by atoms with Gasteiger partial charge in [0, 0.05) is 18.3 Å². The van der Waals surface area contributed by atoms with E-state index >= 15 is 0 Å². The molecule has 7 nitrogen and oxygen atoms in total. The Hall–Kier alpha value is -2.38. The van der Waals surface area contributed by atoms with Gasteiger partial charge in [0.15, 0.2) is 12.0 Å². The van der Waals surface area contributed by atoms with Crippen LogP contribution in [-0.2, 0) is 9.47 Å². The summed E-state index contributed by atoms with van der Waals surface area (Å²) in [5.41, 5.74) is 7.30. The molecule has 0 saturated carbocycles. The van der Waals surface area contributed by atoms with Crippen LogP contribution in [0.2, 0.25) is 0 Å². The highest BCUT2D eigenvalue weighted by atomic mass is 16.7. The summed E-state index contributed by atoms with van der Waals surface area (Å²) in [6, 6.07) is 7.09. The van der Waals surface area contributed by atoms with Crippen molar-refractivity contribution in [3.8, 4) is 11.5 Å². The van der Waals surface area contributed by atoms with Crippen molar-refractivity contribution in [3.05, 3.63) is 36.2 Å². The molecule has 1 aromatic heterocycles. The largest absolute Gasteiger partial charge is 0.444 e. The Balaban J connectivity index is 1.69. The van der Waals surface area contributed by atoms with Crippen LogP contribution in [-0.4, -0.2) is 48.9 Å². The maximum atomic E-state index is 12.3. The maximum absolute atomic E-state index is 12.3. The van der Waals surface area contributed by atoms with E-state index in [2.05, 4.69) is 4.98 Å². The average molecular weight is 303 g/mol. The van der Waals surface area contributed by atoms with Crippen LogP contribution in [0.25, 0.3) is 11.5 Å². The minimum absolute atomic E-state index is 0.243. The highest BCUT2D eigenvalue weighted by molar-refractivity contribution is 5.92. The Labute approximate surface area is 127 Å². The molecule has 1 amide bonds. The van der Waals surface area contributed by atoms with Crippen LogP contribution in [0.1, 0.15) is 10.5 Å². The Morgan fingerprint density at radius 3 is 2.68 bits per heavy atom. The molecule has 0 spiro atoms. The molecule has 1 aromatic carbocycles. The lowest BCUT2D eigenvalue weighted by molar-refractivity contribution is -0.0543. The number of nitrogen functional groups attached to an aromatic ring is 1. The third kappa shape index (κ3) is 3.10. The predicted octanol–water partition coefficient (Wildman–Crippen LogP) is 1.37. The molecule has 1 aliphatic rings. The lowest BCUT2D eigenvalue weighted by atomic mass is 10.2. The van der Waals surface area contributed by atoms with Gasteiger partial charge in [-0.3, -0.25) is 4.79 Å². The van der Waals surface area contributed by atoms with Gasteiger partial charge >= 0.3 is 0 Å². The Morgan fingerprint density at radius 1 is 1.32 bits per heavy atom. The topological polar surface area (TPSA) is 90.8 Å². The number of carbonyl (C=O) groups excluding carboxylic acids is 1. The van der Waals surface area contributed by atoms with Crippen LogP contribution >= 0.6 is 0 Å². The van der Waals surface area contributed by atoms with Crippen molar-refractivity contribution in [2.75, 3.05) is 32.5 Å². The first-order valence-electron chi connectivity index (χ1n) is 6.93. The zero-order valence-corrected chi connectivity index (χ0v) is 12.2. The summed E-state index contributed by atoms with van der Waals surface area (Å²) >= 11 is 0. The number of anilines is 1. The molecule has 0 unspecified atom stereocenters. The van der Waals surface area contributed by atoms with Gasteiger partial charge in [-0.15, -0.1) is 0 Å². The zero-order valence-electron chi connectivity index (χ0n) is 12.2. The Kier molecular flexibility index (Phi) is 4.08. The van der Waals surface area contributed by atoms with Crippen molar-refractivity contribution in [1.29, 1.82) is 0 Å². The molecule has 3 rings (SSSR count). The highest BCUT2D eigenvalue weighted by Gasteiger charge is 2.23. The number of nitrogens with zero attached hydrogens (tertiary/aromatic N) is 2. The lowest BCUT2D eigenvalue weighted by Gasteiger charge is -2.18. The molecular weight excluding hydrogens is 286 g/mol. The number of hydrogen-bond acceptors (Lipinski definition) is 6. The van der Waals surface area contributed by atoms with E-state index in [-0.39, 0.29) is 17.9 Å². The number of aromatic nitrogens is 1. The van der Waals surface area contributed by atoms with Crippen LogP contribution in [0.15, 0.2) is 34.9 Å².